The average Bonchev–Trinajstić information content (AvgIpc) is 2.18. The van der Waals surface area contributed by atoms with E-state index in [1.807, 2.05) is 6.07 Å². The lowest BCUT2D eigenvalue weighted by molar-refractivity contribution is 0.603. The van der Waals surface area contributed by atoms with Gasteiger partial charge in [-0.2, -0.15) is 0 Å². The number of halogens is 3. The number of nitrogens with two attached hydrogens (primary N) is 1. The van der Waals surface area contributed by atoms with Crippen molar-refractivity contribution < 1.29 is 0 Å². The highest BCUT2D eigenvalue weighted by molar-refractivity contribution is 9.13. The number of hydrogen-bond acceptors (Lipinski definition) is 1. The molecule has 4 heteroatoms. The summed E-state index contributed by atoms with van der Waals surface area (Å²) in [6, 6.07) is 6.37. The Labute approximate surface area is 114 Å². The molecule has 0 bridgehead atoms. The summed E-state index contributed by atoms with van der Waals surface area (Å²) in [5, 5.41) is 0. The lowest BCUT2D eigenvalue weighted by atomic mass is 10.0. The molecule has 0 aliphatic rings. The van der Waals surface area contributed by atoms with Gasteiger partial charge in [-0.3, -0.25) is 0 Å². The molecule has 0 spiro atoms. The maximum atomic E-state index is 6.06. The van der Waals surface area contributed by atoms with Gasteiger partial charge in [0.15, 0.2) is 0 Å². The van der Waals surface area contributed by atoms with E-state index >= 15 is 0 Å². The third kappa shape index (κ3) is 4.85. The number of unbranched alkanes of at least 4 members (excludes halogenated alkanes) is 1. The van der Waals surface area contributed by atoms with Crippen LogP contribution in [0.25, 0.3) is 0 Å². The Morgan fingerprint density at radius 1 is 1.27 bits per heavy atom. The minimum atomic E-state index is 0. The first-order chi connectivity index (χ1) is 6.65. The van der Waals surface area contributed by atoms with Crippen LogP contribution in [0.5, 0.6) is 0 Å². The van der Waals surface area contributed by atoms with Gasteiger partial charge in [-0.05, 0) is 56.0 Å². The van der Waals surface area contributed by atoms with Gasteiger partial charge in [0.2, 0.25) is 0 Å². The fraction of sp³-hybridized carbons (Fsp3) is 0.455. The summed E-state index contributed by atoms with van der Waals surface area (Å²) in [6.45, 7) is 2.18. The van der Waals surface area contributed by atoms with Gasteiger partial charge in [-0.1, -0.05) is 25.8 Å². The molecule has 86 valence electrons. The monoisotopic (exact) mass is 355 g/mol. The van der Waals surface area contributed by atoms with Crippen LogP contribution in [0, 0.1) is 0 Å². The van der Waals surface area contributed by atoms with Crippen LogP contribution in [0.4, 0.5) is 0 Å². The summed E-state index contributed by atoms with van der Waals surface area (Å²) in [5.74, 6) is 0. The van der Waals surface area contributed by atoms with Crippen LogP contribution in [-0.4, -0.2) is 0 Å². The molecule has 0 aliphatic heterocycles. The lowest BCUT2D eigenvalue weighted by Gasteiger charge is -2.12. The van der Waals surface area contributed by atoms with Crippen molar-refractivity contribution in [3.63, 3.8) is 0 Å². The van der Waals surface area contributed by atoms with E-state index in [0.29, 0.717) is 0 Å². The van der Waals surface area contributed by atoms with Crippen molar-refractivity contribution in [1.29, 1.82) is 0 Å². The zero-order chi connectivity index (χ0) is 10.6. The second-order valence-electron chi connectivity index (χ2n) is 3.42. The third-order valence-corrected chi connectivity index (χ3v) is 4.12. The largest absolute Gasteiger partial charge is 0.324 e. The van der Waals surface area contributed by atoms with Gasteiger partial charge in [0.25, 0.3) is 0 Å². The normalized spacial score (nSPS) is 12.0. The van der Waals surface area contributed by atoms with Crippen molar-refractivity contribution in [2.75, 3.05) is 0 Å². The molecule has 0 amide bonds. The van der Waals surface area contributed by atoms with Crippen LogP contribution in [0.1, 0.15) is 37.8 Å². The minimum Gasteiger partial charge on any atom is -0.324 e. The molecule has 1 aromatic rings. The first-order valence-corrected chi connectivity index (χ1v) is 6.44. The van der Waals surface area contributed by atoms with Crippen LogP contribution >= 0.6 is 44.3 Å². The van der Waals surface area contributed by atoms with Crippen LogP contribution in [0.2, 0.25) is 0 Å². The van der Waals surface area contributed by atoms with Crippen molar-refractivity contribution in [2.24, 2.45) is 5.73 Å². The van der Waals surface area contributed by atoms with E-state index in [1.165, 1.54) is 18.4 Å². The Morgan fingerprint density at radius 2 is 1.93 bits per heavy atom. The van der Waals surface area contributed by atoms with Crippen molar-refractivity contribution in [1.82, 2.24) is 0 Å². The highest BCUT2D eigenvalue weighted by atomic mass is 79.9. The van der Waals surface area contributed by atoms with Crippen LogP contribution in [0.15, 0.2) is 27.1 Å². The fourth-order valence-electron chi connectivity index (χ4n) is 1.33. The summed E-state index contributed by atoms with van der Waals surface area (Å²) in [6.07, 6.45) is 3.45. The maximum absolute atomic E-state index is 6.06. The summed E-state index contributed by atoms with van der Waals surface area (Å²) in [4.78, 5) is 0. The summed E-state index contributed by atoms with van der Waals surface area (Å²) in [5.41, 5.74) is 7.27. The number of benzene rings is 1. The predicted molar refractivity (Wildman–Crippen MR) is 75.5 cm³/mol. The second-order valence-corrected chi connectivity index (χ2v) is 5.13. The van der Waals surface area contributed by atoms with Crippen molar-refractivity contribution in [2.45, 2.75) is 32.2 Å². The van der Waals surface area contributed by atoms with Gasteiger partial charge in [0.1, 0.15) is 0 Å². The second kappa shape index (κ2) is 7.66. The zero-order valence-corrected chi connectivity index (χ0v) is 12.7. The maximum Gasteiger partial charge on any atom is 0.0320 e. The molecule has 0 aliphatic carbocycles. The molecular formula is C11H16Br2ClN. The van der Waals surface area contributed by atoms with E-state index < -0.39 is 0 Å². The Bertz CT molecular complexity index is 305. The first kappa shape index (κ1) is 15.4. The Balaban J connectivity index is 0.00000196. The molecule has 0 unspecified atom stereocenters. The minimum absolute atomic E-state index is 0. The zero-order valence-electron chi connectivity index (χ0n) is 8.67. The SMILES string of the molecule is CCCC[C@@H](N)c1ccc(Br)c(Br)c1.Cl. The number of hydrogen-bond donors (Lipinski definition) is 1. The van der Waals surface area contributed by atoms with E-state index in [-0.39, 0.29) is 18.4 Å². The van der Waals surface area contributed by atoms with Crippen LogP contribution in [0.3, 0.4) is 0 Å². The molecule has 0 aromatic heterocycles. The van der Waals surface area contributed by atoms with Gasteiger partial charge < -0.3 is 5.73 Å². The molecule has 0 saturated heterocycles. The van der Waals surface area contributed by atoms with Gasteiger partial charge in [-0.25, -0.2) is 0 Å². The first-order valence-electron chi connectivity index (χ1n) is 4.85. The van der Waals surface area contributed by atoms with Gasteiger partial charge in [0, 0.05) is 15.0 Å². The summed E-state index contributed by atoms with van der Waals surface area (Å²) >= 11 is 6.92. The van der Waals surface area contributed by atoms with Gasteiger partial charge in [-0.15, -0.1) is 12.4 Å². The average molecular weight is 358 g/mol. The van der Waals surface area contributed by atoms with Crippen molar-refractivity contribution >= 4 is 44.3 Å². The molecule has 2 N–H and O–H groups in total. The molecule has 0 fully saturated rings. The predicted octanol–water partition coefficient (Wildman–Crippen LogP) is 4.82. The lowest BCUT2D eigenvalue weighted by Crippen LogP contribution is -2.09. The quantitative estimate of drug-likeness (QED) is 0.821. The van der Waals surface area contributed by atoms with Crippen LogP contribution in [-0.2, 0) is 0 Å². The van der Waals surface area contributed by atoms with Crippen molar-refractivity contribution in [3.05, 3.63) is 32.7 Å². The summed E-state index contributed by atoms with van der Waals surface area (Å²) < 4.78 is 2.14. The van der Waals surface area contributed by atoms with Crippen molar-refractivity contribution in [3.8, 4) is 0 Å². The van der Waals surface area contributed by atoms with Gasteiger partial charge in [0.05, 0.1) is 0 Å². The summed E-state index contributed by atoms with van der Waals surface area (Å²) in [7, 11) is 0. The molecule has 1 nitrogen and oxygen atoms in total. The molecule has 0 radical (unpaired) electrons. The number of rotatable bonds is 4. The van der Waals surface area contributed by atoms with Gasteiger partial charge >= 0.3 is 0 Å². The molecule has 1 rings (SSSR count). The molecule has 15 heavy (non-hydrogen) atoms. The molecule has 0 saturated carbocycles. The Kier molecular flexibility index (Phi) is 7.88. The molecule has 0 heterocycles. The Hall–Kier alpha value is 0.430. The van der Waals surface area contributed by atoms with E-state index in [1.54, 1.807) is 0 Å². The fourth-order valence-corrected chi connectivity index (χ4v) is 1.98. The highest BCUT2D eigenvalue weighted by Crippen LogP contribution is 2.27. The topological polar surface area (TPSA) is 26.0 Å². The van der Waals surface area contributed by atoms with E-state index in [2.05, 4.69) is 50.9 Å². The van der Waals surface area contributed by atoms with E-state index in [4.69, 9.17) is 5.73 Å². The Morgan fingerprint density at radius 3 is 2.47 bits per heavy atom. The third-order valence-electron chi connectivity index (χ3n) is 2.24. The smallest absolute Gasteiger partial charge is 0.0320 e. The highest BCUT2D eigenvalue weighted by Gasteiger charge is 2.06. The van der Waals surface area contributed by atoms with E-state index in [0.717, 1.165) is 15.4 Å². The van der Waals surface area contributed by atoms with E-state index in [9.17, 15) is 0 Å². The van der Waals surface area contributed by atoms with Crippen LogP contribution < -0.4 is 5.73 Å². The molecule has 1 aromatic carbocycles. The molecular weight excluding hydrogens is 341 g/mol. The molecule has 1 atom stereocenters. The standard InChI is InChI=1S/C11H15Br2N.ClH/c1-2-3-4-11(14)8-5-6-9(12)10(13)7-8;/h5-7,11H,2-4,14H2,1H3;1H/t11-;/m1./s1.